The van der Waals surface area contributed by atoms with Gasteiger partial charge in [0, 0.05) is 0 Å². The third-order valence-corrected chi connectivity index (χ3v) is 1.72. The topological polar surface area (TPSA) is 121 Å². The Morgan fingerprint density at radius 3 is 1.55 bits per heavy atom. The fourth-order valence-corrected chi connectivity index (χ4v) is 1.10. The monoisotopic (exact) mass is 230 g/mol. The van der Waals surface area contributed by atoms with Crippen molar-refractivity contribution in [1.29, 1.82) is 0 Å². The van der Waals surface area contributed by atoms with Crippen molar-refractivity contribution in [2.75, 3.05) is 0 Å². The van der Waals surface area contributed by atoms with Crippen LogP contribution in [0.15, 0.2) is 0 Å². The Balaban J connectivity index is -0.0000000213. The van der Waals surface area contributed by atoms with E-state index in [4.69, 9.17) is 14.3 Å². The molecule has 0 rings (SSSR count). The van der Waals surface area contributed by atoms with Crippen molar-refractivity contribution < 1.29 is 37.0 Å². The predicted octanol–water partition coefficient (Wildman–Crippen LogP) is -1.41. The molecule has 0 radical (unpaired) electrons. The average molecular weight is 231 g/mol. The first kappa shape index (κ1) is 18.4. The largest absolute Gasteiger partial charge is 2.00 e. The zero-order valence-corrected chi connectivity index (χ0v) is 9.78. The van der Waals surface area contributed by atoms with E-state index < -0.39 is 18.2 Å². The first-order valence-electron chi connectivity index (χ1n) is 1.45. The maximum absolute atomic E-state index is 9.58. The zero-order chi connectivity index (χ0) is 7.71. The third kappa shape index (κ3) is 18.5. The van der Waals surface area contributed by atoms with Crippen molar-refractivity contribution in [3.05, 3.63) is 0 Å². The Kier molecular flexibility index (Phi) is 10.1. The maximum atomic E-state index is 9.58. The van der Waals surface area contributed by atoms with E-state index >= 15 is 0 Å². The molecule has 0 aliphatic heterocycles. The number of phosphoric acid groups is 1. The molecule has 0 atom stereocenters. The van der Waals surface area contributed by atoms with Gasteiger partial charge in [0.15, 0.2) is 0 Å². The molecule has 0 amide bonds. The van der Waals surface area contributed by atoms with Crippen LogP contribution in [0.1, 0.15) is 5.71 Å². The summed E-state index contributed by atoms with van der Waals surface area (Å²) in [4.78, 5) is 15.4. The Morgan fingerprint density at radius 2 is 1.55 bits per heavy atom. The Hall–Kier alpha value is 1.55. The minimum atomic E-state index is -5.13. The standard InChI is InChI=1S/2Mg.H3O7PS.4H/c;;1-8(2,3)7-9(4,5)6;;;;/h;;(H2,1,2,3)(H,4,5,6);;;;/q2*+2;;4*-1. The summed E-state index contributed by atoms with van der Waals surface area (Å²) in [7, 11) is -10.2. The van der Waals surface area contributed by atoms with Crippen LogP contribution >= 0.6 is 7.82 Å². The molecule has 0 heterocycles. The molecular weight excluding hydrogens is 224 g/mol. The smallest absolute Gasteiger partial charge is 1.00 e. The fraction of sp³-hybridized carbons (Fsp3) is 0. The molecule has 0 fully saturated rings. The molecule has 11 heavy (non-hydrogen) atoms. The van der Waals surface area contributed by atoms with Gasteiger partial charge in [0.25, 0.3) is 0 Å². The molecular formula is H7Mg2O7PS. The SMILES string of the molecule is O=P(O)(O)OS(=O)(=O)O.[H-].[H-].[H-].[H-].[Mg+2].[Mg+2]. The van der Waals surface area contributed by atoms with Crippen LogP contribution in [0.4, 0.5) is 0 Å². The van der Waals surface area contributed by atoms with E-state index in [1.54, 1.807) is 0 Å². The van der Waals surface area contributed by atoms with Gasteiger partial charge < -0.3 is 15.5 Å². The van der Waals surface area contributed by atoms with E-state index in [9.17, 15) is 13.0 Å². The van der Waals surface area contributed by atoms with E-state index in [1.165, 1.54) is 0 Å². The van der Waals surface area contributed by atoms with Gasteiger partial charge in [-0.3, -0.25) is 4.55 Å². The number of rotatable bonds is 2. The van der Waals surface area contributed by atoms with Crippen LogP contribution in [-0.4, -0.2) is 68.9 Å². The minimum absolute atomic E-state index is 0. The fourth-order valence-electron chi connectivity index (χ4n) is 0.123. The third-order valence-electron chi connectivity index (χ3n) is 0.191. The summed E-state index contributed by atoms with van der Waals surface area (Å²) in [5.74, 6) is 0. The second kappa shape index (κ2) is 6.07. The van der Waals surface area contributed by atoms with Gasteiger partial charge in [0.05, 0.1) is 0 Å². The molecule has 7 nitrogen and oxygen atoms in total. The Labute approximate surface area is 101 Å². The zero-order valence-electron chi connectivity index (χ0n) is 9.24. The van der Waals surface area contributed by atoms with Gasteiger partial charge in [-0.25, -0.2) is 4.57 Å². The van der Waals surface area contributed by atoms with Crippen LogP contribution < -0.4 is 0 Å². The molecule has 0 bridgehead atoms. The molecule has 0 unspecified atom stereocenters. The van der Waals surface area contributed by atoms with Gasteiger partial charge >= 0.3 is 64.3 Å². The quantitative estimate of drug-likeness (QED) is 0.303. The first-order valence-corrected chi connectivity index (χ1v) is 4.34. The molecule has 0 aliphatic carbocycles. The predicted molar refractivity (Wildman–Crippen MR) is 40.6 cm³/mol. The van der Waals surface area contributed by atoms with Crippen molar-refractivity contribution in [3.63, 3.8) is 0 Å². The molecule has 0 saturated heterocycles. The van der Waals surface area contributed by atoms with Crippen molar-refractivity contribution in [3.8, 4) is 0 Å². The van der Waals surface area contributed by atoms with E-state index in [1.807, 2.05) is 0 Å². The van der Waals surface area contributed by atoms with Crippen LogP contribution in [-0.2, 0) is 18.9 Å². The van der Waals surface area contributed by atoms with E-state index in [0.29, 0.717) is 0 Å². The summed E-state index contributed by atoms with van der Waals surface area (Å²) >= 11 is 0. The molecule has 0 aromatic carbocycles. The Bertz CT molecular complexity index is 235. The van der Waals surface area contributed by atoms with Crippen molar-refractivity contribution >= 4 is 64.3 Å². The van der Waals surface area contributed by atoms with Crippen molar-refractivity contribution in [2.45, 2.75) is 0 Å². The van der Waals surface area contributed by atoms with Crippen LogP contribution in [0.2, 0.25) is 0 Å². The van der Waals surface area contributed by atoms with E-state index in [0.717, 1.165) is 0 Å². The number of hydrogen-bond donors (Lipinski definition) is 3. The molecule has 0 aromatic rings. The van der Waals surface area contributed by atoms with Crippen LogP contribution in [0.5, 0.6) is 0 Å². The molecule has 3 N–H and O–H groups in total. The van der Waals surface area contributed by atoms with Gasteiger partial charge in [0.1, 0.15) is 0 Å². The maximum Gasteiger partial charge on any atom is 2.00 e. The van der Waals surface area contributed by atoms with Crippen LogP contribution in [0, 0.1) is 0 Å². The average Bonchev–Trinajstić information content (AvgIpc) is 1.14. The molecule has 11 heteroatoms. The minimum Gasteiger partial charge on any atom is -1.00 e. The molecule has 0 aromatic heterocycles. The van der Waals surface area contributed by atoms with Crippen LogP contribution in [0.3, 0.4) is 0 Å². The summed E-state index contributed by atoms with van der Waals surface area (Å²) < 4.78 is 39.0. The van der Waals surface area contributed by atoms with E-state index in [-0.39, 0.29) is 51.8 Å². The molecule has 0 spiro atoms. The summed E-state index contributed by atoms with van der Waals surface area (Å²) in [6.45, 7) is 0. The summed E-state index contributed by atoms with van der Waals surface area (Å²) in [5, 5.41) is 0. The van der Waals surface area contributed by atoms with Crippen molar-refractivity contribution in [1.82, 2.24) is 0 Å². The van der Waals surface area contributed by atoms with Gasteiger partial charge in [0.2, 0.25) is 0 Å². The summed E-state index contributed by atoms with van der Waals surface area (Å²) in [6.07, 6.45) is 0. The molecule has 0 saturated carbocycles. The summed E-state index contributed by atoms with van der Waals surface area (Å²) in [5.41, 5.74) is 0. The van der Waals surface area contributed by atoms with E-state index in [2.05, 4.69) is 3.97 Å². The summed E-state index contributed by atoms with van der Waals surface area (Å²) in [6, 6.07) is 0. The van der Waals surface area contributed by atoms with Gasteiger partial charge in [-0.1, -0.05) is 0 Å². The van der Waals surface area contributed by atoms with Crippen molar-refractivity contribution in [2.24, 2.45) is 0 Å². The normalized spacial score (nSPS) is 11.2. The van der Waals surface area contributed by atoms with Gasteiger partial charge in [-0.15, -0.1) is 3.97 Å². The molecule has 0 aliphatic rings. The Morgan fingerprint density at radius 1 is 1.27 bits per heavy atom. The van der Waals surface area contributed by atoms with Gasteiger partial charge in [-0.2, -0.15) is 8.42 Å². The second-order valence-electron chi connectivity index (χ2n) is 0.993. The molecule has 64 valence electrons. The van der Waals surface area contributed by atoms with Gasteiger partial charge in [-0.05, 0) is 0 Å². The van der Waals surface area contributed by atoms with Crippen LogP contribution in [0.25, 0.3) is 0 Å². The number of hydrogen-bond acceptors (Lipinski definition) is 4. The second-order valence-corrected chi connectivity index (χ2v) is 3.43. The first-order chi connectivity index (χ1) is 3.71.